The van der Waals surface area contributed by atoms with Gasteiger partial charge in [0, 0.05) is 28.9 Å². The number of ether oxygens (including phenoxy) is 2. The number of aliphatic hydroxyl groups is 3. The molecule has 0 amide bonds. The highest BCUT2D eigenvalue weighted by Gasteiger charge is 2.42. The summed E-state index contributed by atoms with van der Waals surface area (Å²) in [5, 5.41) is 29.1. The number of carbonyl (C=O) groups excluding carboxylic acids is 2. The van der Waals surface area contributed by atoms with Crippen LogP contribution in [0.5, 0.6) is 11.5 Å². The fourth-order valence-corrected chi connectivity index (χ4v) is 4.88. The molecular weight excluding hydrogens is 500 g/mol. The summed E-state index contributed by atoms with van der Waals surface area (Å²) in [6.07, 6.45) is -1.77. The van der Waals surface area contributed by atoms with Crippen molar-refractivity contribution in [2.75, 3.05) is 13.2 Å². The zero-order chi connectivity index (χ0) is 27.7. The number of esters is 1. The van der Waals surface area contributed by atoms with Gasteiger partial charge in [-0.25, -0.2) is 0 Å². The van der Waals surface area contributed by atoms with Gasteiger partial charge in [0.2, 0.25) is 0 Å². The van der Waals surface area contributed by atoms with Crippen LogP contribution in [0.25, 0.3) is 11.0 Å². The van der Waals surface area contributed by atoms with Crippen LogP contribution in [0.2, 0.25) is 0 Å². The molecular formula is C31H30O8. The zero-order valence-electron chi connectivity index (χ0n) is 21.7. The van der Waals surface area contributed by atoms with Crippen molar-refractivity contribution in [2.45, 2.75) is 44.3 Å². The molecule has 8 nitrogen and oxygen atoms in total. The van der Waals surface area contributed by atoms with Crippen LogP contribution in [0.3, 0.4) is 0 Å². The summed E-state index contributed by atoms with van der Waals surface area (Å²) >= 11 is 0. The van der Waals surface area contributed by atoms with Gasteiger partial charge in [-0.15, -0.1) is 0 Å². The van der Waals surface area contributed by atoms with Gasteiger partial charge >= 0.3 is 5.97 Å². The summed E-state index contributed by atoms with van der Waals surface area (Å²) in [7, 11) is 0. The van der Waals surface area contributed by atoms with E-state index in [0.717, 1.165) is 5.56 Å². The van der Waals surface area contributed by atoms with Crippen molar-refractivity contribution in [3.05, 3.63) is 94.7 Å². The van der Waals surface area contributed by atoms with E-state index in [1.54, 1.807) is 36.4 Å². The molecule has 1 aromatic heterocycles. The molecule has 4 aromatic rings. The standard InChI is InChI=1S/C31H30O8/c1-31(2)23-14-19(37-17-25(34)24(33)16-32)9-11-21(23)29(36)28-22-12-10-20(15-26(22)39-30(28)31)38-27(35)13-8-18-6-4-3-5-7-18/h3-7,9-12,14-15,24-25,32-34H,8,13,16-17H2,1-2H3/t24-,25-/m1/s1. The van der Waals surface area contributed by atoms with Crippen molar-refractivity contribution in [1.29, 1.82) is 0 Å². The Morgan fingerprint density at radius 2 is 1.72 bits per heavy atom. The second-order valence-corrected chi connectivity index (χ2v) is 10.2. The Kier molecular flexibility index (Phi) is 7.27. The summed E-state index contributed by atoms with van der Waals surface area (Å²) in [6.45, 7) is 3.08. The summed E-state index contributed by atoms with van der Waals surface area (Å²) in [6, 6.07) is 19.8. The van der Waals surface area contributed by atoms with E-state index < -0.39 is 24.2 Å². The SMILES string of the molecule is CC1(C)c2cc(OC[C@@H](O)[C@H](O)CO)ccc2C(=O)c2c1oc1cc(OC(=O)CCc3ccccc3)ccc21. The van der Waals surface area contributed by atoms with Crippen LogP contribution in [-0.4, -0.2) is 52.5 Å². The molecule has 39 heavy (non-hydrogen) atoms. The van der Waals surface area contributed by atoms with Crippen LogP contribution in [0, 0.1) is 0 Å². The highest BCUT2D eigenvalue weighted by Crippen LogP contribution is 2.46. The fraction of sp³-hybridized carbons (Fsp3) is 0.290. The summed E-state index contributed by atoms with van der Waals surface area (Å²) in [5.74, 6) is 0.697. The Morgan fingerprint density at radius 3 is 2.46 bits per heavy atom. The van der Waals surface area contributed by atoms with E-state index in [1.165, 1.54) is 0 Å². The first-order chi connectivity index (χ1) is 18.7. The maximum absolute atomic E-state index is 13.6. The van der Waals surface area contributed by atoms with E-state index in [0.29, 0.717) is 51.3 Å². The van der Waals surface area contributed by atoms with Gasteiger partial charge in [0.15, 0.2) is 5.78 Å². The Morgan fingerprint density at radius 1 is 0.974 bits per heavy atom. The van der Waals surface area contributed by atoms with Crippen molar-refractivity contribution >= 4 is 22.7 Å². The van der Waals surface area contributed by atoms with Crippen LogP contribution < -0.4 is 9.47 Å². The average molecular weight is 531 g/mol. The first-order valence-corrected chi connectivity index (χ1v) is 12.8. The Balaban J connectivity index is 1.38. The molecule has 1 heterocycles. The normalized spacial score (nSPS) is 15.4. The topological polar surface area (TPSA) is 126 Å². The lowest BCUT2D eigenvalue weighted by molar-refractivity contribution is -0.134. The largest absolute Gasteiger partial charge is 0.491 e. The van der Waals surface area contributed by atoms with Crippen molar-refractivity contribution in [1.82, 2.24) is 0 Å². The number of ketones is 1. The van der Waals surface area contributed by atoms with Crippen molar-refractivity contribution < 1.29 is 38.8 Å². The number of fused-ring (bicyclic) bond motifs is 4. The molecule has 3 aromatic carbocycles. The van der Waals surface area contributed by atoms with Crippen LogP contribution in [-0.2, 0) is 16.6 Å². The molecule has 0 saturated carbocycles. The second-order valence-electron chi connectivity index (χ2n) is 10.2. The monoisotopic (exact) mass is 530 g/mol. The molecule has 1 aliphatic rings. The lowest BCUT2D eigenvalue weighted by Crippen LogP contribution is -2.34. The highest BCUT2D eigenvalue weighted by molar-refractivity contribution is 6.19. The number of aryl methyl sites for hydroxylation is 1. The van der Waals surface area contributed by atoms with E-state index in [1.807, 2.05) is 44.2 Å². The molecule has 1 aliphatic carbocycles. The Hall–Kier alpha value is -3.98. The minimum absolute atomic E-state index is 0.187. The molecule has 202 valence electrons. The second kappa shape index (κ2) is 10.6. The number of hydrogen-bond acceptors (Lipinski definition) is 8. The van der Waals surface area contributed by atoms with Crippen molar-refractivity contribution in [2.24, 2.45) is 0 Å². The van der Waals surface area contributed by atoms with E-state index in [4.69, 9.17) is 19.0 Å². The first kappa shape index (κ1) is 26.6. The molecule has 2 atom stereocenters. The maximum atomic E-state index is 13.6. The van der Waals surface area contributed by atoms with Crippen LogP contribution >= 0.6 is 0 Å². The highest BCUT2D eigenvalue weighted by atomic mass is 16.5. The molecule has 0 bridgehead atoms. The van der Waals surface area contributed by atoms with E-state index in [2.05, 4.69) is 0 Å². The third-order valence-electron chi connectivity index (χ3n) is 7.11. The van der Waals surface area contributed by atoms with Gasteiger partial charge in [-0.1, -0.05) is 30.3 Å². The minimum atomic E-state index is -1.31. The number of rotatable bonds is 9. The number of furan rings is 1. The van der Waals surface area contributed by atoms with Crippen molar-refractivity contribution in [3.8, 4) is 11.5 Å². The van der Waals surface area contributed by atoms with Gasteiger partial charge in [0.1, 0.15) is 41.7 Å². The third kappa shape index (κ3) is 5.18. The lowest BCUT2D eigenvalue weighted by Gasteiger charge is -2.31. The summed E-state index contributed by atoms with van der Waals surface area (Å²) in [4.78, 5) is 26.0. The quantitative estimate of drug-likeness (QED) is 0.220. The van der Waals surface area contributed by atoms with Crippen molar-refractivity contribution in [3.63, 3.8) is 0 Å². The van der Waals surface area contributed by atoms with E-state index in [9.17, 15) is 19.8 Å². The average Bonchev–Trinajstić information content (AvgIpc) is 3.34. The maximum Gasteiger partial charge on any atom is 0.311 e. The molecule has 8 heteroatoms. The molecule has 0 saturated heterocycles. The fourth-order valence-electron chi connectivity index (χ4n) is 4.88. The Labute approximate surface area is 225 Å². The molecule has 0 fully saturated rings. The van der Waals surface area contributed by atoms with Gasteiger partial charge in [0.25, 0.3) is 0 Å². The van der Waals surface area contributed by atoms with E-state index >= 15 is 0 Å². The summed E-state index contributed by atoms with van der Waals surface area (Å²) < 4.78 is 17.4. The number of carbonyl (C=O) groups is 2. The van der Waals surface area contributed by atoms with Gasteiger partial charge in [0.05, 0.1) is 12.2 Å². The molecule has 0 aliphatic heterocycles. The molecule has 5 rings (SSSR count). The smallest absolute Gasteiger partial charge is 0.311 e. The Bertz CT molecular complexity index is 1520. The number of aliphatic hydroxyl groups excluding tert-OH is 3. The number of benzene rings is 3. The predicted molar refractivity (Wildman–Crippen MR) is 143 cm³/mol. The van der Waals surface area contributed by atoms with E-state index in [-0.39, 0.29) is 24.8 Å². The third-order valence-corrected chi connectivity index (χ3v) is 7.11. The van der Waals surface area contributed by atoms with Gasteiger partial charge < -0.3 is 29.2 Å². The molecule has 0 spiro atoms. The summed E-state index contributed by atoms with van der Waals surface area (Å²) in [5.41, 5.74) is 2.47. The minimum Gasteiger partial charge on any atom is -0.491 e. The molecule has 0 unspecified atom stereocenters. The molecule has 3 N–H and O–H groups in total. The van der Waals surface area contributed by atoms with Crippen LogP contribution in [0.1, 0.15) is 53.1 Å². The van der Waals surface area contributed by atoms with Crippen LogP contribution in [0.4, 0.5) is 0 Å². The lowest BCUT2D eigenvalue weighted by atomic mass is 9.71. The van der Waals surface area contributed by atoms with Crippen LogP contribution in [0.15, 0.2) is 71.1 Å². The van der Waals surface area contributed by atoms with Gasteiger partial charge in [-0.3, -0.25) is 9.59 Å². The van der Waals surface area contributed by atoms with Gasteiger partial charge in [-0.2, -0.15) is 0 Å². The predicted octanol–water partition coefficient (Wildman–Crippen LogP) is 3.93. The number of hydrogen-bond donors (Lipinski definition) is 3. The zero-order valence-corrected chi connectivity index (χ0v) is 21.7. The molecule has 0 radical (unpaired) electrons. The van der Waals surface area contributed by atoms with Gasteiger partial charge in [-0.05, 0) is 61.7 Å². The first-order valence-electron chi connectivity index (χ1n) is 12.8.